The minimum absolute atomic E-state index is 0.00963. The summed E-state index contributed by atoms with van der Waals surface area (Å²) < 4.78 is 17.8. The van der Waals surface area contributed by atoms with Gasteiger partial charge in [0.25, 0.3) is 0 Å². The molecule has 1 aromatic heterocycles. The molecular weight excluding hydrogens is 235 g/mol. The van der Waals surface area contributed by atoms with E-state index in [2.05, 4.69) is 10.3 Å². The maximum absolute atomic E-state index is 13.0. The van der Waals surface area contributed by atoms with E-state index in [9.17, 15) is 9.18 Å². The third-order valence-corrected chi connectivity index (χ3v) is 2.54. The Balaban J connectivity index is 2.25. The summed E-state index contributed by atoms with van der Waals surface area (Å²) >= 11 is 0. The number of hydrogen-bond acceptors (Lipinski definition) is 4. The predicted octanol–water partition coefficient (Wildman–Crippen LogP) is 2.21. The summed E-state index contributed by atoms with van der Waals surface area (Å²) in [4.78, 5) is 14.9. The zero-order valence-electron chi connectivity index (χ0n) is 10.8. The molecular formula is C13H19FN2O2. The first-order chi connectivity index (χ1) is 8.63. The quantitative estimate of drug-likeness (QED) is 0.598. The van der Waals surface area contributed by atoms with Crippen molar-refractivity contribution in [1.29, 1.82) is 0 Å². The standard InChI is InChI=1S/C13H19FN2O2/c1-3-18-13(17)5-4-6-16-10(2)11-7-12(14)9-15-8-11/h7-10,16H,3-6H2,1-2H3. The van der Waals surface area contributed by atoms with E-state index in [1.807, 2.05) is 6.92 Å². The SMILES string of the molecule is CCOC(=O)CCCNC(C)c1cncc(F)c1. The first kappa shape index (κ1) is 14.6. The van der Waals surface area contributed by atoms with Gasteiger partial charge in [-0.2, -0.15) is 0 Å². The lowest BCUT2D eigenvalue weighted by Crippen LogP contribution is -2.21. The average molecular weight is 254 g/mol. The molecule has 1 unspecified atom stereocenters. The highest BCUT2D eigenvalue weighted by Gasteiger charge is 2.07. The molecule has 1 rings (SSSR count). The number of ether oxygens (including phenoxy) is 1. The molecule has 0 aliphatic rings. The smallest absolute Gasteiger partial charge is 0.305 e. The molecule has 5 heteroatoms. The Hall–Kier alpha value is -1.49. The minimum atomic E-state index is -0.340. The first-order valence-electron chi connectivity index (χ1n) is 6.13. The summed E-state index contributed by atoms with van der Waals surface area (Å²) in [7, 11) is 0. The predicted molar refractivity (Wildman–Crippen MR) is 66.5 cm³/mol. The Kier molecular flexibility index (Phi) is 6.28. The van der Waals surface area contributed by atoms with Gasteiger partial charge in [-0.1, -0.05) is 0 Å². The van der Waals surface area contributed by atoms with E-state index in [4.69, 9.17) is 4.74 Å². The fourth-order valence-corrected chi connectivity index (χ4v) is 1.57. The van der Waals surface area contributed by atoms with Crippen molar-refractivity contribution in [3.8, 4) is 0 Å². The zero-order chi connectivity index (χ0) is 13.4. The number of pyridine rings is 1. The molecule has 100 valence electrons. The molecule has 1 atom stereocenters. The summed E-state index contributed by atoms with van der Waals surface area (Å²) in [5.74, 6) is -0.521. The van der Waals surface area contributed by atoms with Gasteiger partial charge in [0.15, 0.2) is 0 Å². The van der Waals surface area contributed by atoms with Crippen LogP contribution < -0.4 is 5.32 Å². The second-order valence-corrected chi connectivity index (χ2v) is 4.02. The van der Waals surface area contributed by atoms with Gasteiger partial charge in [0.05, 0.1) is 12.8 Å². The van der Waals surface area contributed by atoms with Gasteiger partial charge in [-0.05, 0) is 38.4 Å². The van der Waals surface area contributed by atoms with Crippen molar-refractivity contribution in [2.24, 2.45) is 0 Å². The number of carbonyl (C=O) groups is 1. The number of halogens is 1. The van der Waals surface area contributed by atoms with Crippen LogP contribution in [0.2, 0.25) is 0 Å². The average Bonchev–Trinajstić information content (AvgIpc) is 2.35. The van der Waals surface area contributed by atoms with Gasteiger partial charge < -0.3 is 10.1 Å². The molecule has 1 aromatic rings. The third kappa shape index (κ3) is 5.23. The number of carbonyl (C=O) groups excluding carboxylic acids is 1. The number of nitrogens with zero attached hydrogens (tertiary/aromatic N) is 1. The van der Waals surface area contributed by atoms with E-state index in [-0.39, 0.29) is 17.8 Å². The number of hydrogen-bond donors (Lipinski definition) is 1. The van der Waals surface area contributed by atoms with Crippen molar-refractivity contribution in [1.82, 2.24) is 10.3 Å². The van der Waals surface area contributed by atoms with E-state index in [1.54, 1.807) is 13.1 Å². The summed E-state index contributed by atoms with van der Waals surface area (Å²) in [6.45, 7) is 4.81. The second-order valence-electron chi connectivity index (χ2n) is 4.02. The van der Waals surface area contributed by atoms with Crippen LogP contribution in [0.25, 0.3) is 0 Å². The Morgan fingerprint density at radius 2 is 2.33 bits per heavy atom. The Labute approximate surface area is 107 Å². The van der Waals surface area contributed by atoms with Crippen molar-refractivity contribution < 1.29 is 13.9 Å². The highest BCUT2D eigenvalue weighted by atomic mass is 19.1. The maximum atomic E-state index is 13.0. The van der Waals surface area contributed by atoms with E-state index >= 15 is 0 Å². The molecule has 0 radical (unpaired) electrons. The van der Waals surface area contributed by atoms with Crippen molar-refractivity contribution >= 4 is 5.97 Å². The molecule has 0 amide bonds. The molecule has 0 spiro atoms. The van der Waals surface area contributed by atoms with Gasteiger partial charge in [-0.15, -0.1) is 0 Å². The van der Waals surface area contributed by atoms with Crippen molar-refractivity contribution in [2.45, 2.75) is 32.7 Å². The van der Waals surface area contributed by atoms with Crippen LogP contribution in [0, 0.1) is 5.82 Å². The van der Waals surface area contributed by atoms with Gasteiger partial charge in [0.1, 0.15) is 5.82 Å². The van der Waals surface area contributed by atoms with Crippen LogP contribution >= 0.6 is 0 Å². The van der Waals surface area contributed by atoms with Crippen molar-refractivity contribution in [3.05, 3.63) is 29.8 Å². The monoisotopic (exact) mass is 254 g/mol. The summed E-state index contributed by atoms with van der Waals surface area (Å²) in [6.07, 6.45) is 3.91. The lowest BCUT2D eigenvalue weighted by Gasteiger charge is -2.13. The Morgan fingerprint density at radius 3 is 3.00 bits per heavy atom. The third-order valence-electron chi connectivity index (χ3n) is 2.54. The van der Waals surface area contributed by atoms with Crippen LogP contribution in [0.1, 0.15) is 38.3 Å². The van der Waals surface area contributed by atoms with Crippen LogP contribution in [0.3, 0.4) is 0 Å². The molecule has 0 saturated carbocycles. The molecule has 0 bridgehead atoms. The van der Waals surface area contributed by atoms with E-state index in [0.29, 0.717) is 26.0 Å². The molecule has 0 aliphatic carbocycles. The number of esters is 1. The van der Waals surface area contributed by atoms with Crippen molar-refractivity contribution in [3.63, 3.8) is 0 Å². The number of rotatable bonds is 7. The van der Waals surface area contributed by atoms with Gasteiger partial charge in [0, 0.05) is 18.7 Å². The molecule has 1 heterocycles. The Bertz CT molecular complexity index is 385. The van der Waals surface area contributed by atoms with Gasteiger partial charge in [0.2, 0.25) is 0 Å². The summed E-state index contributed by atoms with van der Waals surface area (Å²) in [5, 5.41) is 3.21. The van der Waals surface area contributed by atoms with Crippen LogP contribution in [-0.4, -0.2) is 24.1 Å². The van der Waals surface area contributed by atoms with Crippen LogP contribution in [0.5, 0.6) is 0 Å². The maximum Gasteiger partial charge on any atom is 0.305 e. The summed E-state index contributed by atoms with van der Waals surface area (Å²) in [6, 6.07) is 1.46. The summed E-state index contributed by atoms with van der Waals surface area (Å²) in [5.41, 5.74) is 0.797. The fraction of sp³-hybridized carbons (Fsp3) is 0.538. The van der Waals surface area contributed by atoms with E-state index in [0.717, 1.165) is 5.56 Å². The van der Waals surface area contributed by atoms with Crippen LogP contribution in [-0.2, 0) is 9.53 Å². The van der Waals surface area contributed by atoms with Crippen LogP contribution in [0.15, 0.2) is 18.5 Å². The van der Waals surface area contributed by atoms with Gasteiger partial charge in [-0.3, -0.25) is 9.78 Å². The highest BCUT2D eigenvalue weighted by molar-refractivity contribution is 5.69. The van der Waals surface area contributed by atoms with Gasteiger partial charge in [-0.25, -0.2) is 4.39 Å². The zero-order valence-corrected chi connectivity index (χ0v) is 10.8. The highest BCUT2D eigenvalue weighted by Crippen LogP contribution is 2.11. The largest absolute Gasteiger partial charge is 0.466 e. The normalized spacial score (nSPS) is 12.2. The molecule has 0 aliphatic heterocycles. The Morgan fingerprint density at radius 1 is 1.56 bits per heavy atom. The lowest BCUT2D eigenvalue weighted by atomic mass is 10.1. The number of aromatic nitrogens is 1. The van der Waals surface area contributed by atoms with Crippen molar-refractivity contribution in [2.75, 3.05) is 13.2 Å². The lowest BCUT2D eigenvalue weighted by molar-refractivity contribution is -0.143. The van der Waals surface area contributed by atoms with Crippen LogP contribution in [0.4, 0.5) is 4.39 Å². The molecule has 4 nitrogen and oxygen atoms in total. The molecule has 0 aromatic carbocycles. The number of nitrogens with one attached hydrogen (secondary N) is 1. The van der Waals surface area contributed by atoms with E-state index in [1.165, 1.54) is 12.3 Å². The minimum Gasteiger partial charge on any atom is -0.466 e. The topological polar surface area (TPSA) is 51.2 Å². The first-order valence-corrected chi connectivity index (χ1v) is 6.13. The second kappa shape index (κ2) is 7.76. The molecule has 0 fully saturated rings. The molecule has 18 heavy (non-hydrogen) atoms. The molecule has 0 saturated heterocycles. The van der Waals surface area contributed by atoms with E-state index < -0.39 is 0 Å². The molecule has 1 N–H and O–H groups in total. The van der Waals surface area contributed by atoms with Gasteiger partial charge >= 0.3 is 5.97 Å². The fourth-order valence-electron chi connectivity index (χ4n) is 1.57.